The van der Waals surface area contributed by atoms with Gasteiger partial charge in [0.15, 0.2) is 0 Å². The summed E-state index contributed by atoms with van der Waals surface area (Å²) in [6, 6.07) is 9.75. The van der Waals surface area contributed by atoms with Gasteiger partial charge in [-0.05, 0) is 19.1 Å². The summed E-state index contributed by atoms with van der Waals surface area (Å²) in [5, 5.41) is 16.0. The minimum Gasteiger partial charge on any atom is -0.323 e. The van der Waals surface area contributed by atoms with Crippen molar-refractivity contribution in [1.29, 1.82) is 0 Å². The molecule has 0 radical (unpaired) electrons. The zero-order chi connectivity index (χ0) is 21.3. The van der Waals surface area contributed by atoms with Crippen molar-refractivity contribution in [2.24, 2.45) is 0 Å². The third-order valence-electron chi connectivity index (χ3n) is 4.42. The highest BCUT2D eigenvalue weighted by atomic mass is 79.9. The van der Waals surface area contributed by atoms with Gasteiger partial charge in [0.1, 0.15) is 12.1 Å². The molecule has 0 aliphatic carbocycles. The number of anilines is 1. The number of non-ortho nitro benzene ring substituents is 1. The molecule has 9 nitrogen and oxygen atoms in total. The SMILES string of the molecule is C[C@]1(c2ccccc2Br)NC(=O)N(CC(=O)Nc2cc([N+](=O)[O-])ccc2Cl)C1=O. The molecule has 11 heteroatoms. The van der Waals surface area contributed by atoms with Crippen molar-refractivity contribution in [3.05, 3.63) is 67.6 Å². The van der Waals surface area contributed by atoms with Gasteiger partial charge < -0.3 is 10.6 Å². The molecule has 0 bridgehead atoms. The first kappa shape index (κ1) is 20.7. The Hall–Kier alpha value is -2.98. The maximum absolute atomic E-state index is 12.9. The monoisotopic (exact) mass is 480 g/mol. The van der Waals surface area contributed by atoms with Crippen LogP contribution in [0, 0.1) is 10.1 Å². The number of halogens is 2. The van der Waals surface area contributed by atoms with E-state index in [0.29, 0.717) is 10.0 Å². The fourth-order valence-corrected chi connectivity index (χ4v) is 3.79. The van der Waals surface area contributed by atoms with Crippen molar-refractivity contribution in [1.82, 2.24) is 10.2 Å². The first-order chi connectivity index (χ1) is 13.6. The zero-order valence-electron chi connectivity index (χ0n) is 14.9. The molecule has 2 aromatic carbocycles. The molecule has 1 saturated heterocycles. The molecule has 1 fully saturated rings. The second kappa shape index (κ2) is 7.80. The second-order valence-electron chi connectivity index (χ2n) is 6.40. The fraction of sp³-hybridized carbons (Fsp3) is 0.167. The van der Waals surface area contributed by atoms with Gasteiger partial charge in [-0.1, -0.05) is 45.7 Å². The lowest BCUT2D eigenvalue weighted by Gasteiger charge is -2.23. The number of urea groups is 1. The molecular formula is C18H14BrClN4O5. The number of benzene rings is 2. The Labute approximate surface area is 178 Å². The van der Waals surface area contributed by atoms with Crippen LogP contribution in [-0.4, -0.2) is 34.2 Å². The van der Waals surface area contributed by atoms with Crippen molar-refractivity contribution in [2.45, 2.75) is 12.5 Å². The van der Waals surface area contributed by atoms with Crippen LogP contribution in [0.5, 0.6) is 0 Å². The summed E-state index contributed by atoms with van der Waals surface area (Å²) in [5.41, 5.74) is -1.06. The van der Waals surface area contributed by atoms with E-state index in [0.717, 1.165) is 11.0 Å². The van der Waals surface area contributed by atoms with Gasteiger partial charge in [-0.3, -0.25) is 24.6 Å². The van der Waals surface area contributed by atoms with Gasteiger partial charge in [-0.15, -0.1) is 0 Å². The number of rotatable bonds is 5. The maximum atomic E-state index is 12.9. The van der Waals surface area contributed by atoms with Gasteiger partial charge in [-0.2, -0.15) is 0 Å². The molecule has 0 saturated carbocycles. The van der Waals surface area contributed by atoms with Crippen LogP contribution in [0.4, 0.5) is 16.2 Å². The van der Waals surface area contributed by atoms with Crippen LogP contribution >= 0.6 is 27.5 Å². The van der Waals surface area contributed by atoms with Crippen LogP contribution in [0.2, 0.25) is 5.02 Å². The summed E-state index contributed by atoms with van der Waals surface area (Å²) < 4.78 is 0.630. The van der Waals surface area contributed by atoms with Gasteiger partial charge in [0.25, 0.3) is 11.6 Å². The van der Waals surface area contributed by atoms with Crippen molar-refractivity contribution in [3.63, 3.8) is 0 Å². The Balaban J connectivity index is 1.79. The molecule has 29 heavy (non-hydrogen) atoms. The quantitative estimate of drug-likeness (QED) is 0.385. The lowest BCUT2D eigenvalue weighted by Crippen LogP contribution is -2.42. The van der Waals surface area contributed by atoms with Crippen molar-refractivity contribution in [3.8, 4) is 0 Å². The minimum atomic E-state index is -1.35. The highest BCUT2D eigenvalue weighted by Gasteiger charge is 2.50. The van der Waals surface area contributed by atoms with Gasteiger partial charge >= 0.3 is 6.03 Å². The number of carbonyl (C=O) groups is 3. The van der Waals surface area contributed by atoms with Crippen LogP contribution in [0.3, 0.4) is 0 Å². The van der Waals surface area contributed by atoms with E-state index in [1.165, 1.54) is 12.1 Å². The molecule has 1 aliphatic rings. The van der Waals surface area contributed by atoms with Crippen molar-refractivity contribution < 1.29 is 19.3 Å². The average Bonchev–Trinajstić information content (AvgIpc) is 2.87. The van der Waals surface area contributed by atoms with Gasteiger partial charge in [0, 0.05) is 22.2 Å². The van der Waals surface area contributed by atoms with Gasteiger partial charge in [0.2, 0.25) is 5.91 Å². The van der Waals surface area contributed by atoms with E-state index in [-0.39, 0.29) is 16.4 Å². The highest BCUT2D eigenvalue weighted by molar-refractivity contribution is 9.10. The number of nitro benzene ring substituents is 1. The average molecular weight is 482 g/mol. The molecule has 2 N–H and O–H groups in total. The Morgan fingerprint density at radius 1 is 1.31 bits per heavy atom. The maximum Gasteiger partial charge on any atom is 0.325 e. The molecule has 2 aromatic rings. The summed E-state index contributed by atoms with van der Waals surface area (Å²) in [5.74, 6) is -1.33. The minimum absolute atomic E-state index is 0.00601. The normalized spacial score (nSPS) is 18.5. The van der Waals surface area contributed by atoms with E-state index < -0.39 is 34.9 Å². The summed E-state index contributed by atoms with van der Waals surface area (Å²) in [7, 11) is 0. The molecule has 1 heterocycles. The smallest absolute Gasteiger partial charge is 0.323 e. The van der Waals surface area contributed by atoms with Gasteiger partial charge in [0.05, 0.1) is 15.6 Å². The van der Waals surface area contributed by atoms with E-state index >= 15 is 0 Å². The number of hydrogen-bond donors (Lipinski definition) is 2. The Kier molecular flexibility index (Phi) is 5.58. The number of amides is 4. The first-order valence-electron chi connectivity index (χ1n) is 8.26. The van der Waals surface area contributed by atoms with E-state index in [1.807, 2.05) is 0 Å². The second-order valence-corrected chi connectivity index (χ2v) is 7.66. The molecule has 150 valence electrons. The molecule has 0 aromatic heterocycles. The largest absolute Gasteiger partial charge is 0.325 e. The van der Waals surface area contributed by atoms with E-state index in [2.05, 4.69) is 26.6 Å². The molecule has 3 rings (SSSR count). The van der Waals surface area contributed by atoms with Crippen molar-refractivity contribution in [2.75, 3.05) is 11.9 Å². The lowest BCUT2D eigenvalue weighted by molar-refractivity contribution is -0.384. The van der Waals surface area contributed by atoms with Crippen LogP contribution in [0.1, 0.15) is 12.5 Å². The Bertz CT molecular complexity index is 1050. The molecule has 1 aliphatic heterocycles. The van der Waals surface area contributed by atoms with Crippen LogP contribution < -0.4 is 10.6 Å². The summed E-state index contributed by atoms with van der Waals surface area (Å²) >= 11 is 9.32. The molecule has 1 atom stereocenters. The molecule has 4 amide bonds. The zero-order valence-corrected chi connectivity index (χ0v) is 17.3. The Morgan fingerprint density at radius 3 is 2.66 bits per heavy atom. The highest BCUT2D eigenvalue weighted by Crippen LogP contribution is 2.33. The molecule has 0 spiro atoms. The third-order valence-corrected chi connectivity index (χ3v) is 5.45. The fourth-order valence-electron chi connectivity index (χ4n) is 2.95. The number of imide groups is 1. The summed E-state index contributed by atoms with van der Waals surface area (Å²) in [6.45, 7) is 0.965. The molecule has 0 unspecified atom stereocenters. The number of carbonyl (C=O) groups excluding carboxylic acids is 3. The predicted molar refractivity (Wildman–Crippen MR) is 108 cm³/mol. The topological polar surface area (TPSA) is 122 Å². The number of nitrogens with one attached hydrogen (secondary N) is 2. The number of nitro groups is 1. The Morgan fingerprint density at radius 2 is 2.00 bits per heavy atom. The van der Waals surface area contributed by atoms with E-state index in [1.54, 1.807) is 31.2 Å². The van der Waals surface area contributed by atoms with E-state index in [9.17, 15) is 24.5 Å². The van der Waals surface area contributed by atoms with E-state index in [4.69, 9.17) is 11.6 Å². The predicted octanol–water partition coefficient (Wildman–Crippen LogP) is 3.42. The molecular weight excluding hydrogens is 468 g/mol. The van der Waals surface area contributed by atoms with Crippen LogP contribution in [-0.2, 0) is 15.1 Å². The number of nitrogens with zero attached hydrogens (tertiary/aromatic N) is 2. The summed E-state index contributed by atoms with van der Waals surface area (Å²) in [6.07, 6.45) is 0. The van der Waals surface area contributed by atoms with Gasteiger partial charge in [-0.25, -0.2) is 4.79 Å². The standard InChI is InChI=1S/C18H14BrClN4O5/c1-18(11-4-2-3-5-12(11)19)16(26)23(17(27)22-18)9-15(25)21-14-8-10(24(28)29)6-7-13(14)20/h2-8H,9H2,1H3,(H,21,25)(H,22,27)/t18-/m1/s1. The van der Waals surface area contributed by atoms with Crippen LogP contribution in [0.25, 0.3) is 0 Å². The lowest BCUT2D eigenvalue weighted by atomic mass is 9.92. The van der Waals surface area contributed by atoms with Crippen LogP contribution in [0.15, 0.2) is 46.9 Å². The third kappa shape index (κ3) is 3.94. The number of hydrogen-bond acceptors (Lipinski definition) is 5. The first-order valence-corrected chi connectivity index (χ1v) is 9.43. The summed E-state index contributed by atoms with van der Waals surface area (Å²) in [4.78, 5) is 48.7. The van der Waals surface area contributed by atoms with Crippen molar-refractivity contribution >= 4 is 56.8 Å².